The van der Waals surface area contributed by atoms with Crippen LogP contribution in [0.2, 0.25) is 0 Å². The number of alkyl halides is 1. The van der Waals surface area contributed by atoms with Gasteiger partial charge < -0.3 is 42.6 Å². The third-order valence-corrected chi connectivity index (χ3v) is 4.87. The van der Waals surface area contributed by atoms with Crippen molar-refractivity contribution in [1.29, 1.82) is 0 Å². The van der Waals surface area contributed by atoms with Gasteiger partial charge in [-0.25, -0.2) is 0 Å². The minimum atomic E-state index is -0.148. The molecule has 0 aromatic rings. The molecule has 0 aliphatic heterocycles. The Balaban J connectivity index is 3.07. The third kappa shape index (κ3) is 31.7. The van der Waals surface area contributed by atoms with Crippen LogP contribution < -0.4 is 0 Å². The molecule has 0 fully saturated rings. The van der Waals surface area contributed by atoms with Gasteiger partial charge >= 0.3 is 5.97 Å². The highest BCUT2D eigenvalue weighted by Crippen LogP contribution is 2.03. The van der Waals surface area contributed by atoms with E-state index in [4.69, 9.17) is 42.6 Å². The number of hydrogen-bond acceptors (Lipinski definition) is 10. The lowest BCUT2D eigenvalue weighted by molar-refractivity contribution is -0.145. The molecule has 0 bridgehead atoms. The van der Waals surface area contributed by atoms with Crippen molar-refractivity contribution in [2.24, 2.45) is 0 Å². The van der Waals surface area contributed by atoms with Crippen molar-refractivity contribution in [3.05, 3.63) is 0 Å². The third-order valence-electron chi connectivity index (χ3n) is 4.55. The lowest BCUT2D eigenvalue weighted by Gasteiger charge is -2.09. The second-order valence-corrected chi connectivity index (χ2v) is 8.41. The van der Waals surface area contributed by atoms with Crippen LogP contribution in [0.5, 0.6) is 0 Å². The van der Waals surface area contributed by atoms with Gasteiger partial charge in [0.1, 0.15) is 6.61 Å². The van der Waals surface area contributed by atoms with Crippen molar-refractivity contribution in [2.45, 2.75) is 39.0 Å². The molecule has 0 N–H and O–H groups in total. The van der Waals surface area contributed by atoms with Crippen LogP contribution in [0.1, 0.15) is 39.0 Å². The van der Waals surface area contributed by atoms with Crippen LogP contribution in [-0.2, 0) is 47.4 Å². The Hall–Kier alpha value is -0.370. The van der Waals surface area contributed by atoms with Crippen molar-refractivity contribution in [2.75, 3.05) is 118 Å². The quantitative estimate of drug-likeness (QED) is 0.0682. The molecule has 0 aliphatic carbocycles. The van der Waals surface area contributed by atoms with Crippen molar-refractivity contribution >= 4 is 21.9 Å². The van der Waals surface area contributed by atoms with E-state index in [0.717, 1.165) is 31.0 Å². The normalized spacial score (nSPS) is 11.3. The fraction of sp³-hybridized carbons (Fsp3) is 0.960. The van der Waals surface area contributed by atoms with E-state index in [1.165, 1.54) is 0 Å². The SMILES string of the molecule is CCCCCCC(=O)OCCOCCOCCOCCOCCOCCOCCOCCOCCBr. The van der Waals surface area contributed by atoms with Crippen LogP contribution in [0.4, 0.5) is 0 Å². The molecule has 0 rings (SSSR count). The molecular weight excluding hydrogens is 540 g/mol. The zero-order valence-corrected chi connectivity index (χ0v) is 23.8. The van der Waals surface area contributed by atoms with Crippen LogP contribution in [0, 0.1) is 0 Å². The lowest BCUT2D eigenvalue weighted by atomic mass is 10.2. The molecule has 11 heteroatoms. The number of carbonyl (C=O) groups excluding carboxylic acids is 1. The maximum atomic E-state index is 11.5. The first-order valence-electron chi connectivity index (χ1n) is 13.1. The first-order chi connectivity index (χ1) is 17.8. The van der Waals surface area contributed by atoms with E-state index in [9.17, 15) is 4.79 Å². The van der Waals surface area contributed by atoms with Crippen LogP contribution in [0.3, 0.4) is 0 Å². The summed E-state index contributed by atoms with van der Waals surface area (Å²) in [6, 6.07) is 0. The molecule has 36 heavy (non-hydrogen) atoms. The van der Waals surface area contributed by atoms with E-state index in [0.29, 0.717) is 119 Å². The van der Waals surface area contributed by atoms with Crippen LogP contribution >= 0.6 is 15.9 Å². The second kappa shape index (κ2) is 32.7. The Morgan fingerprint density at radius 2 is 0.806 bits per heavy atom. The average Bonchev–Trinajstić information content (AvgIpc) is 2.88. The lowest BCUT2D eigenvalue weighted by Crippen LogP contribution is -2.15. The summed E-state index contributed by atoms with van der Waals surface area (Å²) >= 11 is 3.29. The van der Waals surface area contributed by atoms with E-state index < -0.39 is 0 Å². The summed E-state index contributed by atoms with van der Waals surface area (Å²) in [5.74, 6) is -0.148. The topological polar surface area (TPSA) is 100 Å². The highest BCUT2D eigenvalue weighted by molar-refractivity contribution is 9.09. The molecule has 0 saturated heterocycles. The van der Waals surface area contributed by atoms with Gasteiger partial charge in [-0.1, -0.05) is 42.1 Å². The Labute approximate surface area is 226 Å². The van der Waals surface area contributed by atoms with Gasteiger partial charge in [0, 0.05) is 11.8 Å². The summed E-state index contributed by atoms with van der Waals surface area (Å²) in [5, 5.41) is 0.838. The minimum Gasteiger partial charge on any atom is -0.463 e. The Morgan fingerprint density at radius 1 is 0.472 bits per heavy atom. The van der Waals surface area contributed by atoms with Gasteiger partial charge in [0.25, 0.3) is 0 Å². The molecule has 216 valence electrons. The molecule has 0 heterocycles. The molecule has 0 radical (unpaired) electrons. The zero-order valence-electron chi connectivity index (χ0n) is 22.2. The summed E-state index contributed by atoms with van der Waals surface area (Å²) in [6.45, 7) is 10.8. The summed E-state index contributed by atoms with van der Waals surface area (Å²) in [7, 11) is 0. The van der Waals surface area contributed by atoms with Gasteiger partial charge in [-0.05, 0) is 6.42 Å². The molecule has 0 aromatic heterocycles. The number of unbranched alkanes of at least 4 members (excludes halogenated alkanes) is 3. The van der Waals surface area contributed by atoms with Crippen molar-refractivity contribution in [3.8, 4) is 0 Å². The van der Waals surface area contributed by atoms with Crippen LogP contribution in [0.25, 0.3) is 0 Å². The predicted octanol–water partition coefficient (Wildman–Crippen LogP) is 3.03. The van der Waals surface area contributed by atoms with Crippen molar-refractivity contribution in [1.82, 2.24) is 0 Å². The summed E-state index contributed by atoms with van der Waals surface area (Å²) in [5.41, 5.74) is 0. The number of ether oxygens (including phenoxy) is 9. The van der Waals surface area contributed by atoms with Gasteiger partial charge in [0.15, 0.2) is 0 Å². The molecule has 0 spiro atoms. The number of esters is 1. The fourth-order valence-corrected chi connectivity index (χ4v) is 2.91. The van der Waals surface area contributed by atoms with Gasteiger partial charge in [-0.3, -0.25) is 4.79 Å². The molecule has 0 saturated carbocycles. The van der Waals surface area contributed by atoms with Gasteiger partial charge in [0.2, 0.25) is 0 Å². The average molecular weight is 590 g/mol. The molecule has 0 atom stereocenters. The first kappa shape index (κ1) is 35.6. The van der Waals surface area contributed by atoms with E-state index in [1.807, 2.05) is 0 Å². The molecule has 0 aliphatic rings. The second-order valence-electron chi connectivity index (χ2n) is 7.62. The van der Waals surface area contributed by atoms with Crippen LogP contribution in [-0.4, -0.2) is 124 Å². The molecular formula is C25H49BrO10. The van der Waals surface area contributed by atoms with Gasteiger partial charge in [0.05, 0.1) is 106 Å². The molecule has 10 nitrogen and oxygen atoms in total. The number of halogens is 1. The van der Waals surface area contributed by atoms with E-state index in [2.05, 4.69) is 22.9 Å². The summed E-state index contributed by atoms with van der Waals surface area (Å²) < 4.78 is 48.3. The summed E-state index contributed by atoms with van der Waals surface area (Å²) in [6.07, 6.45) is 4.78. The standard InChI is InChI=1S/C25H49BrO10/c1-2-3-4-5-6-25(27)36-24-23-35-22-21-34-20-19-33-18-17-32-16-15-31-14-13-30-12-11-29-10-9-28-8-7-26/h2-24H2,1H3. The largest absolute Gasteiger partial charge is 0.463 e. The highest BCUT2D eigenvalue weighted by Gasteiger charge is 2.02. The monoisotopic (exact) mass is 588 g/mol. The van der Waals surface area contributed by atoms with Crippen molar-refractivity contribution < 1.29 is 47.4 Å². The Bertz CT molecular complexity index is 432. The number of carbonyl (C=O) groups is 1. The smallest absolute Gasteiger partial charge is 0.305 e. The van der Waals surface area contributed by atoms with Gasteiger partial charge in [-0.15, -0.1) is 0 Å². The number of hydrogen-bond donors (Lipinski definition) is 0. The zero-order chi connectivity index (χ0) is 26.2. The minimum absolute atomic E-state index is 0.148. The predicted molar refractivity (Wildman–Crippen MR) is 140 cm³/mol. The molecule has 0 amide bonds. The fourth-order valence-electron chi connectivity index (χ4n) is 2.68. The highest BCUT2D eigenvalue weighted by atomic mass is 79.9. The van der Waals surface area contributed by atoms with E-state index in [1.54, 1.807) is 0 Å². The first-order valence-corrected chi connectivity index (χ1v) is 14.3. The maximum Gasteiger partial charge on any atom is 0.305 e. The number of rotatable bonds is 31. The molecule has 0 unspecified atom stereocenters. The molecule has 0 aromatic carbocycles. The van der Waals surface area contributed by atoms with E-state index in [-0.39, 0.29) is 5.97 Å². The van der Waals surface area contributed by atoms with Crippen LogP contribution in [0.15, 0.2) is 0 Å². The van der Waals surface area contributed by atoms with Gasteiger partial charge in [-0.2, -0.15) is 0 Å². The van der Waals surface area contributed by atoms with Crippen molar-refractivity contribution in [3.63, 3.8) is 0 Å². The Kier molecular flexibility index (Phi) is 32.3. The Morgan fingerprint density at radius 3 is 1.14 bits per heavy atom. The maximum absolute atomic E-state index is 11.5. The summed E-state index contributed by atoms with van der Waals surface area (Å²) in [4.78, 5) is 11.5. The van der Waals surface area contributed by atoms with E-state index >= 15 is 0 Å².